The molecule has 0 aromatic heterocycles. The highest BCUT2D eigenvalue weighted by Crippen LogP contribution is 2.22. The van der Waals surface area contributed by atoms with Crippen LogP contribution in [0.15, 0.2) is 31.1 Å². The molecule has 3 N–H and O–H groups in total. The number of hydrogen-bond donors (Lipinski definition) is 3. The van der Waals surface area contributed by atoms with E-state index in [2.05, 4.69) is 79.5 Å². The highest BCUT2D eigenvalue weighted by molar-refractivity contribution is 14.1. The van der Waals surface area contributed by atoms with E-state index in [9.17, 15) is 0 Å². The first-order chi connectivity index (χ1) is 7.74. The molecule has 2 aliphatic rings. The van der Waals surface area contributed by atoms with Gasteiger partial charge in [-0.3, -0.25) is 10.6 Å². The maximum Gasteiger partial charge on any atom is 0.132 e. The Morgan fingerprint density at radius 2 is 2.12 bits per heavy atom. The third-order valence-electron chi connectivity index (χ3n) is 2.60. The Balaban J connectivity index is 1.76. The zero-order valence-electron chi connectivity index (χ0n) is 8.89. The molecule has 0 unspecified atom stereocenters. The smallest absolute Gasteiger partial charge is 0.132 e. The molecule has 0 fully saturated rings. The summed E-state index contributed by atoms with van der Waals surface area (Å²) >= 11 is 4.73. The molecule has 2 rings (SSSR count). The molecule has 0 aromatic rings. The third-order valence-corrected chi connectivity index (χ3v) is 4.19. The lowest BCUT2D eigenvalue weighted by atomic mass is 10.1. The van der Waals surface area contributed by atoms with Crippen LogP contribution in [0.5, 0.6) is 0 Å². The third kappa shape index (κ3) is 4.01. The monoisotopic (exact) mass is 443 g/mol. The minimum absolute atomic E-state index is 0.199. The van der Waals surface area contributed by atoms with Gasteiger partial charge in [0.05, 0.1) is 0 Å². The average molecular weight is 443 g/mol. The van der Waals surface area contributed by atoms with Gasteiger partial charge in [-0.25, -0.2) is 0 Å². The molecule has 0 amide bonds. The first kappa shape index (κ1) is 12.8. The first-order valence-corrected chi connectivity index (χ1v) is 7.51. The van der Waals surface area contributed by atoms with Crippen LogP contribution < -0.4 is 16.0 Å². The average Bonchev–Trinajstić information content (AvgIpc) is 2.30. The summed E-state index contributed by atoms with van der Waals surface area (Å²) in [6.07, 6.45) is 9.09. The highest BCUT2D eigenvalue weighted by atomic mass is 127. The summed E-state index contributed by atoms with van der Waals surface area (Å²) in [7, 11) is 0. The van der Waals surface area contributed by atoms with Crippen LogP contribution in [0.25, 0.3) is 0 Å². The standard InChI is InChI=1S/C11H15I2N3/c12-9-3-1-8(2-4-9)5-14-11-15-6-10(13)7-16-11/h1,3,6,11,14-16H,2,4-5,7H2/t11-/m0/s1. The van der Waals surface area contributed by atoms with Crippen LogP contribution in [0.1, 0.15) is 12.8 Å². The Morgan fingerprint density at radius 1 is 1.25 bits per heavy atom. The van der Waals surface area contributed by atoms with Crippen molar-refractivity contribution in [2.75, 3.05) is 13.1 Å². The molecule has 5 heteroatoms. The predicted octanol–water partition coefficient (Wildman–Crippen LogP) is 2.37. The Kier molecular flexibility index (Phi) is 5.11. The van der Waals surface area contributed by atoms with Crippen molar-refractivity contribution in [3.63, 3.8) is 0 Å². The molecule has 1 aliphatic carbocycles. The zero-order valence-corrected chi connectivity index (χ0v) is 13.2. The number of hydrogen-bond acceptors (Lipinski definition) is 3. The van der Waals surface area contributed by atoms with Gasteiger partial charge in [0.2, 0.25) is 0 Å². The lowest BCUT2D eigenvalue weighted by Crippen LogP contribution is -2.53. The zero-order chi connectivity index (χ0) is 11.4. The summed E-state index contributed by atoms with van der Waals surface area (Å²) in [6, 6.07) is 0. The van der Waals surface area contributed by atoms with Gasteiger partial charge in [-0.1, -0.05) is 17.7 Å². The number of halogens is 2. The Hall–Kier alpha value is 0.400. The summed E-state index contributed by atoms with van der Waals surface area (Å²) < 4.78 is 2.76. The van der Waals surface area contributed by atoms with E-state index in [1.165, 1.54) is 25.6 Å². The van der Waals surface area contributed by atoms with Crippen LogP contribution in [0.3, 0.4) is 0 Å². The van der Waals surface area contributed by atoms with Crippen LogP contribution in [0.2, 0.25) is 0 Å². The van der Waals surface area contributed by atoms with Gasteiger partial charge in [-0.05, 0) is 61.6 Å². The van der Waals surface area contributed by atoms with Crippen molar-refractivity contribution in [1.29, 1.82) is 0 Å². The molecule has 0 radical (unpaired) electrons. The fraction of sp³-hybridized carbons (Fsp3) is 0.455. The second-order valence-electron chi connectivity index (χ2n) is 3.89. The van der Waals surface area contributed by atoms with Gasteiger partial charge in [0.15, 0.2) is 0 Å². The molecular weight excluding hydrogens is 428 g/mol. The molecule has 1 heterocycles. The first-order valence-electron chi connectivity index (χ1n) is 5.35. The van der Waals surface area contributed by atoms with Gasteiger partial charge in [0, 0.05) is 22.9 Å². The van der Waals surface area contributed by atoms with Crippen molar-refractivity contribution in [2.45, 2.75) is 19.1 Å². The Labute approximate surface area is 123 Å². The van der Waals surface area contributed by atoms with Gasteiger partial charge in [-0.15, -0.1) is 0 Å². The van der Waals surface area contributed by atoms with Crippen LogP contribution in [0.4, 0.5) is 0 Å². The molecule has 1 atom stereocenters. The van der Waals surface area contributed by atoms with Gasteiger partial charge < -0.3 is 5.32 Å². The Morgan fingerprint density at radius 3 is 2.75 bits per heavy atom. The maximum atomic E-state index is 3.46. The number of rotatable bonds is 3. The highest BCUT2D eigenvalue weighted by Gasteiger charge is 2.11. The predicted molar refractivity (Wildman–Crippen MR) is 84.5 cm³/mol. The van der Waals surface area contributed by atoms with Gasteiger partial charge in [0.25, 0.3) is 0 Å². The molecule has 0 aromatic carbocycles. The quantitative estimate of drug-likeness (QED) is 0.587. The van der Waals surface area contributed by atoms with E-state index >= 15 is 0 Å². The Bertz CT molecular complexity index is 347. The van der Waals surface area contributed by atoms with Crippen LogP contribution in [-0.4, -0.2) is 19.4 Å². The molecule has 0 saturated carbocycles. The molecule has 88 valence electrons. The topological polar surface area (TPSA) is 36.1 Å². The minimum atomic E-state index is 0.199. The SMILES string of the molecule is IC1=CC=C(CN[C@H]2NC=C(I)CN2)CC1. The largest absolute Gasteiger partial charge is 0.363 e. The minimum Gasteiger partial charge on any atom is -0.363 e. The number of nitrogens with one attached hydrogen (secondary N) is 3. The second kappa shape index (κ2) is 6.36. The number of allylic oxidation sites excluding steroid dienone is 3. The molecule has 1 aliphatic heterocycles. The molecule has 16 heavy (non-hydrogen) atoms. The maximum absolute atomic E-state index is 3.46. The van der Waals surface area contributed by atoms with Crippen molar-refractivity contribution in [2.24, 2.45) is 0 Å². The van der Waals surface area contributed by atoms with E-state index in [-0.39, 0.29) is 6.29 Å². The summed E-state index contributed by atoms with van der Waals surface area (Å²) in [5.74, 6) is 0. The lowest BCUT2D eigenvalue weighted by molar-refractivity contribution is 0.402. The molecule has 0 spiro atoms. The van der Waals surface area contributed by atoms with Gasteiger partial charge >= 0.3 is 0 Å². The van der Waals surface area contributed by atoms with E-state index in [4.69, 9.17) is 0 Å². The van der Waals surface area contributed by atoms with E-state index in [0.29, 0.717) is 0 Å². The normalized spacial score (nSPS) is 25.4. The van der Waals surface area contributed by atoms with Gasteiger partial charge in [-0.2, -0.15) is 0 Å². The van der Waals surface area contributed by atoms with Crippen LogP contribution >= 0.6 is 45.2 Å². The second-order valence-corrected chi connectivity index (χ2v) is 6.66. The van der Waals surface area contributed by atoms with Crippen molar-refractivity contribution >= 4 is 45.2 Å². The van der Waals surface area contributed by atoms with Crippen molar-refractivity contribution in [3.05, 3.63) is 31.1 Å². The van der Waals surface area contributed by atoms with E-state index in [1.54, 1.807) is 0 Å². The fourth-order valence-corrected chi connectivity index (χ4v) is 2.50. The summed E-state index contributed by atoms with van der Waals surface area (Å²) in [5, 5.41) is 10.1. The van der Waals surface area contributed by atoms with Crippen LogP contribution in [0, 0.1) is 0 Å². The van der Waals surface area contributed by atoms with Crippen molar-refractivity contribution in [3.8, 4) is 0 Å². The van der Waals surface area contributed by atoms with Crippen molar-refractivity contribution < 1.29 is 0 Å². The molecule has 0 bridgehead atoms. The van der Waals surface area contributed by atoms with Gasteiger partial charge in [0.1, 0.15) is 6.29 Å². The molecule has 0 saturated heterocycles. The fourth-order valence-electron chi connectivity index (χ4n) is 1.65. The molecule has 3 nitrogen and oxygen atoms in total. The van der Waals surface area contributed by atoms with Crippen molar-refractivity contribution in [1.82, 2.24) is 16.0 Å². The summed E-state index contributed by atoms with van der Waals surface area (Å²) in [4.78, 5) is 0. The van der Waals surface area contributed by atoms with E-state index in [1.807, 2.05) is 0 Å². The van der Waals surface area contributed by atoms with E-state index < -0.39 is 0 Å². The van der Waals surface area contributed by atoms with E-state index in [0.717, 1.165) is 13.1 Å². The lowest BCUT2D eigenvalue weighted by Gasteiger charge is -2.25. The molecular formula is C11H15I2N3. The van der Waals surface area contributed by atoms with Crippen LogP contribution in [-0.2, 0) is 0 Å². The summed E-state index contributed by atoms with van der Waals surface area (Å²) in [6.45, 7) is 1.90. The summed E-state index contributed by atoms with van der Waals surface area (Å²) in [5.41, 5.74) is 1.48.